The van der Waals surface area contributed by atoms with Crippen molar-refractivity contribution in [3.05, 3.63) is 22.7 Å². The lowest BCUT2D eigenvalue weighted by Crippen LogP contribution is -2.25. The van der Waals surface area contributed by atoms with Crippen LogP contribution < -0.4 is 22.1 Å². The normalized spacial score (nSPS) is 14.3. The van der Waals surface area contributed by atoms with Gasteiger partial charge in [0.15, 0.2) is 5.58 Å². The molecule has 5 N–H and O–H groups in total. The van der Waals surface area contributed by atoms with Gasteiger partial charge in [-0.2, -0.15) is 0 Å². The predicted octanol–water partition coefficient (Wildman–Crippen LogP) is 1.17. The first-order chi connectivity index (χ1) is 10.1. The first-order valence-electron chi connectivity index (χ1n) is 7.07. The van der Waals surface area contributed by atoms with Gasteiger partial charge in [0.2, 0.25) is 5.91 Å². The molecular weight excluding hydrogens is 272 g/mol. The third-order valence-corrected chi connectivity index (χ3v) is 3.43. The van der Waals surface area contributed by atoms with E-state index in [0.29, 0.717) is 35.8 Å². The second-order valence-electron chi connectivity index (χ2n) is 5.32. The molecule has 1 saturated carbocycles. The number of hydrogen-bond acceptors (Lipinski definition) is 5. The Kier molecular flexibility index (Phi) is 3.55. The average molecular weight is 290 g/mol. The average Bonchev–Trinajstić information content (AvgIpc) is 3.15. The number of rotatable bonds is 6. The lowest BCUT2D eigenvalue weighted by Gasteiger charge is -2.09. The Hall–Kier alpha value is -2.44. The van der Waals surface area contributed by atoms with E-state index < -0.39 is 5.76 Å². The number of amides is 1. The van der Waals surface area contributed by atoms with Crippen LogP contribution in [0.3, 0.4) is 0 Å². The Morgan fingerprint density at radius 1 is 1.43 bits per heavy atom. The molecule has 0 saturated heterocycles. The van der Waals surface area contributed by atoms with Gasteiger partial charge in [0.05, 0.1) is 16.9 Å². The number of nitrogens with two attached hydrogens (primary N) is 1. The third-order valence-electron chi connectivity index (χ3n) is 3.43. The smallest absolute Gasteiger partial charge is 0.408 e. The zero-order valence-corrected chi connectivity index (χ0v) is 11.6. The van der Waals surface area contributed by atoms with E-state index in [9.17, 15) is 9.59 Å². The van der Waals surface area contributed by atoms with Gasteiger partial charge >= 0.3 is 5.76 Å². The number of aromatic nitrogens is 1. The first kappa shape index (κ1) is 13.5. The number of hydrogen-bond donors (Lipinski definition) is 4. The van der Waals surface area contributed by atoms with Gasteiger partial charge in [-0.3, -0.25) is 9.78 Å². The summed E-state index contributed by atoms with van der Waals surface area (Å²) in [6.45, 7) is 0.635. The van der Waals surface area contributed by atoms with Crippen LogP contribution in [-0.4, -0.2) is 23.5 Å². The Bertz CT molecular complexity index is 715. The largest absolute Gasteiger partial charge is 0.417 e. The molecule has 112 valence electrons. The molecule has 0 bridgehead atoms. The Morgan fingerprint density at radius 3 is 3.00 bits per heavy atom. The number of H-pyrrole nitrogens is 1. The van der Waals surface area contributed by atoms with Gasteiger partial charge in [-0.15, -0.1) is 0 Å². The van der Waals surface area contributed by atoms with Crippen molar-refractivity contribution < 1.29 is 9.21 Å². The number of nitrogen functional groups attached to an aromatic ring is 1. The molecule has 7 nitrogen and oxygen atoms in total. The lowest BCUT2D eigenvalue weighted by molar-refractivity contribution is -0.121. The Morgan fingerprint density at radius 2 is 2.24 bits per heavy atom. The van der Waals surface area contributed by atoms with Crippen molar-refractivity contribution >= 4 is 28.4 Å². The zero-order chi connectivity index (χ0) is 14.8. The maximum Gasteiger partial charge on any atom is 0.417 e. The van der Waals surface area contributed by atoms with E-state index >= 15 is 0 Å². The second-order valence-corrected chi connectivity index (χ2v) is 5.32. The van der Waals surface area contributed by atoms with Crippen LogP contribution in [-0.2, 0) is 4.79 Å². The molecule has 1 heterocycles. The van der Waals surface area contributed by atoms with Crippen LogP contribution in [0.5, 0.6) is 0 Å². The van der Waals surface area contributed by atoms with Crippen LogP contribution in [0.1, 0.15) is 25.7 Å². The second kappa shape index (κ2) is 5.51. The highest BCUT2D eigenvalue weighted by Gasteiger charge is 2.22. The van der Waals surface area contributed by atoms with E-state index in [1.807, 2.05) is 0 Å². The molecule has 0 spiro atoms. The first-order valence-corrected chi connectivity index (χ1v) is 7.07. The van der Waals surface area contributed by atoms with Gasteiger partial charge in [0.25, 0.3) is 0 Å². The van der Waals surface area contributed by atoms with Crippen molar-refractivity contribution in [2.24, 2.45) is 0 Å². The summed E-state index contributed by atoms with van der Waals surface area (Å²) in [5.41, 5.74) is 8.16. The van der Waals surface area contributed by atoms with E-state index in [-0.39, 0.29) is 5.91 Å². The summed E-state index contributed by atoms with van der Waals surface area (Å²) in [5.74, 6) is -0.403. The van der Waals surface area contributed by atoms with Crippen LogP contribution in [0.15, 0.2) is 21.3 Å². The maximum atomic E-state index is 11.5. The summed E-state index contributed by atoms with van der Waals surface area (Å²) < 4.78 is 4.93. The van der Waals surface area contributed by atoms with Gasteiger partial charge < -0.3 is 20.8 Å². The van der Waals surface area contributed by atoms with Crippen LogP contribution in [0.2, 0.25) is 0 Å². The number of oxazole rings is 1. The summed E-state index contributed by atoms with van der Waals surface area (Å²) in [6.07, 6.45) is 3.42. The van der Waals surface area contributed by atoms with Crippen molar-refractivity contribution in [2.45, 2.75) is 31.7 Å². The van der Waals surface area contributed by atoms with Crippen LogP contribution in [0.4, 0.5) is 11.4 Å². The quantitative estimate of drug-likeness (QED) is 0.471. The van der Waals surface area contributed by atoms with Gasteiger partial charge in [-0.25, -0.2) is 4.79 Å². The maximum absolute atomic E-state index is 11.5. The minimum atomic E-state index is -0.502. The van der Waals surface area contributed by atoms with E-state index in [0.717, 1.165) is 24.9 Å². The monoisotopic (exact) mass is 290 g/mol. The predicted molar refractivity (Wildman–Crippen MR) is 80.1 cm³/mol. The fourth-order valence-electron chi connectivity index (χ4n) is 2.17. The van der Waals surface area contributed by atoms with Crippen molar-refractivity contribution in [1.82, 2.24) is 10.3 Å². The van der Waals surface area contributed by atoms with Crippen molar-refractivity contribution in [1.29, 1.82) is 0 Å². The molecule has 1 fully saturated rings. The van der Waals surface area contributed by atoms with Crippen LogP contribution in [0.25, 0.3) is 11.1 Å². The molecule has 0 unspecified atom stereocenters. The van der Waals surface area contributed by atoms with Gasteiger partial charge in [0.1, 0.15) is 0 Å². The number of nitrogens with one attached hydrogen (secondary N) is 3. The Balaban J connectivity index is 1.53. The standard InChI is InChI=1S/C14H18N4O3/c15-9-6-12-11(18-14(20)21-12)7-10(9)16-5-1-2-13(19)17-8-3-4-8/h6-8,16H,1-5,15H2,(H,17,19)(H,18,20). The van der Waals surface area contributed by atoms with Gasteiger partial charge in [0, 0.05) is 25.1 Å². The summed E-state index contributed by atoms with van der Waals surface area (Å²) in [7, 11) is 0. The number of fused-ring (bicyclic) bond motifs is 1. The molecule has 2 aromatic rings. The third kappa shape index (κ3) is 3.36. The summed E-state index contributed by atoms with van der Waals surface area (Å²) >= 11 is 0. The fourth-order valence-corrected chi connectivity index (χ4v) is 2.17. The van der Waals surface area contributed by atoms with Crippen molar-refractivity contribution in [2.75, 3.05) is 17.6 Å². The summed E-state index contributed by atoms with van der Waals surface area (Å²) in [6, 6.07) is 3.75. The molecule has 3 rings (SSSR count). The van der Waals surface area contributed by atoms with Crippen molar-refractivity contribution in [3.63, 3.8) is 0 Å². The topological polar surface area (TPSA) is 113 Å². The van der Waals surface area contributed by atoms with Crippen LogP contribution >= 0.6 is 0 Å². The minimum absolute atomic E-state index is 0.0990. The SMILES string of the molecule is Nc1cc2oc(=O)[nH]c2cc1NCCCC(=O)NC1CC1. The minimum Gasteiger partial charge on any atom is -0.408 e. The van der Waals surface area contributed by atoms with Gasteiger partial charge in [-0.1, -0.05) is 0 Å². The van der Waals surface area contributed by atoms with E-state index in [4.69, 9.17) is 10.2 Å². The zero-order valence-electron chi connectivity index (χ0n) is 11.6. The fraction of sp³-hybridized carbons (Fsp3) is 0.429. The number of benzene rings is 1. The van der Waals surface area contributed by atoms with E-state index in [1.165, 1.54) is 0 Å². The summed E-state index contributed by atoms with van der Waals surface area (Å²) in [5, 5.41) is 6.12. The highest BCUT2D eigenvalue weighted by atomic mass is 16.4. The molecule has 7 heteroatoms. The molecule has 1 aromatic carbocycles. The molecule has 1 aromatic heterocycles. The number of aromatic amines is 1. The van der Waals surface area contributed by atoms with E-state index in [2.05, 4.69) is 15.6 Å². The van der Waals surface area contributed by atoms with Crippen LogP contribution in [0, 0.1) is 0 Å². The molecule has 21 heavy (non-hydrogen) atoms. The molecule has 0 atom stereocenters. The molecule has 1 aliphatic carbocycles. The lowest BCUT2D eigenvalue weighted by atomic mass is 10.2. The molecule has 1 amide bonds. The summed E-state index contributed by atoms with van der Waals surface area (Å²) in [4.78, 5) is 25.2. The van der Waals surface area contributed by atoms with E-state index in [1.54, 1.807) is 12.1 Å². The molecular formula is C14H18N4O3. The van der Waals surface area contributed by atoms with Crippen molar-refractivity contribution in [3.8, 4) is 0 Å². The molecule has 1 aliphatic rings. The number of anilines is 2. The highest BCUT2D eigenvalue weighted by Crippen LogP contribution is 2.24. The molecule has 0 aliphatic heterocycles. The Labute approximate surface area is 120 Å². The number of carbonyl (C=O) groups is 1. The number of carbonyl (C=O) groups excluding carboxylic acids is 1. The highest BCUT2D eigenvalue weighted by molar-refractivity contribution is 5.85. The van der Waals surface area contributed by atoms with Gasteiger partial charge in [-0.05, 0) is 25.3 Å². The molecule has 0 radical (unpaired) electrons.